The van der Waals surface area contributed by atoms with Crippen molar-refractivity contribution in [3.8, 4) is 0 Å². The molecule has 78 valence electrons. The van der Waals surface area contributed by atoms with E-state index in [1.807, 2.05) is 0 Å². The van der Waals surface area contributed by atoms with E-state index in [0.29, 0.717) is 0 Å². The van der Waals surface area contributed by atoms with Gasteiger partial charge in [0, 0.05) is 6.07 Å². The lowest BCUT2D eigenvalue weighted by Crippen LogP contribution is -1.93. The Balaban J connectivity index is 3.52. The van der Waals surface area contributed by atoms with Crippen molar-refractivity contribution in [1.29, 1.82) is 5.53 Å². The first-order valence-electron chi connectivity index (χ1n) is 3.47. The summed E-state index contributed by atoms with van der Waals surface area (Å²) in [6.45, 7) is 0. The van der Waals surface area contributed by atoms with Crippen LogP contribution in [0.5, 0.6) is 0 Å². The summed E-state index contributed by atoms with van der Waals surface area (Å²) in [6, 6.07) is 1.82. The standard InChI is InChI=1S/C6H3BrN4O4/c7-4-1-3(10(12)13)2-5(11(14)15)6(4)9-8/h1-2,8H. The Morgan fingerprint density at radius 2 is 1.87 bits per heavy atom. The molecule has 0 radical (unpaired) electrons. The van der Waals surface area contributed by atoms with Crippen molar-refractivity contribution < 1.29 is 9.85 Å². The SMILES string of the molecule is N=Nc1c(Br)cc([N+](=O)[O-])cc1[N+](=O)[O-]. The molecule has 0 fully saturated rings. The maximum absolute atomic E-state index is 10.5. The highest BCUT2D eigenvalue weighted by Crippen LogP contribution is 2.38. The van der Waals surface area contributed by atoms with E-state index in [1.165, 1.54) is 0 Å². The molecule has 0 aliphatic rings. The molecule has 0 aromatic heterocycles. The second-order valence-electron chi connectivity index (χ2n) is 2.42. The quantitative estimate of drug-likeness (QED) is 0.517. The molecule has 0 atom stereocenters. The first-order valence-corrected chi connectivity index (χ1v) is 4.26. The number of nitro benzene ring substituents is 2. The van der Waals surface area contributed by atoms with Gasteiger partial charge in [0.1, 0.15) is 0 Å². The minimum Gasteiger partial charge on any atom is -0.258 e. The zero-order valence-electron chi connectivity index (χ0n) is 7.01. The van der Waals surface area contributed by atoms with Crippen LogP contribution >= 0.6 is 15.9 Å². The zero-order chi connectivity index (χ0) is 11.6. The number of benzene rings is 1. The van der Waals surface area contributed by atoms with Crippen molar-refractivity contribution >= 4 is 33.0 Å². The Bertz CT molecular complexity index is 461. The molecule has 0 heterocycles. The molecule has 1 aromatic rings. The van der Waals surface area contributed by atoms with E-state index in [0.717, 1.165) is 12.1 Å². The van der Waals surface area contributed by atoms with Crippen molar-refractivity contribution in [2.45, 2.75) is 0 Å². The van der Waals surface area contributed by atoms with E-state index in [4.69, 9.17) is 5.53 Å². The number of non-ortho nitro benzene ring substituents is 1. The largest absolute Gasteiger partial charge is 0.304 e. The molecule has 0 unspecified atom stereocenters. The average Bonchev–Trinajstić information content (AvgIpc) is 2.16. The second kappa shape index (κ2) is 4.09. The van der Waals surface area contributed by atoms with Gasteiger partial charge in [0.25, 0.3) is 5.69 Å². The summed E-state index contributed by atoms with van der Waals surface area (Å²) >= 11 is 2.87. The minimum absolute atomic E-state index is 0.0402. The zero-order valence-corrected chi connectivity index (χ0v) is 8.59. The monoisotopic (exact) mass is 274 g/mol. The normalized spacial score (nSPS) is 9.67. The van der Waals surface area contributed by atoms with Crippen LogP contribution in [0.1, 0.15) is 0 Å². The number of halogens is 1. The van der Waals surface area contributed by atoms with Gasteiger partial charge < -0.3 is 0 Å². The Labute approximate surface area is 90.8 Å². The topological polar surface area (TPSA) is 122 Å². The van der Waals surface area contributed by atoms with Crippen molar-refractivity contribution in [3.63, 3.8) is 0 Å². The summed E-state index contributed by atoms with van der Waals surface area (Å²) < 4.78 is 0.0402. The van der Waals surface area contributed by atoms with Crippen LogP contribution in [0.3, 0.4) is 0 Å². The van der Waals surface area contributed by atoms with Crippen LogP contribution in [0.15, 0.2) is 21.7 Å². The molecule has 0 spiro atoms. The van der Waals surface area contributed by atoms with Gasteiger partial charge in [-0.2, -0.15) is 5.11 Å². The summed E-state index contributed by atoms with van der Waals surface area (Å²) in [5, 5.41) is 23.9. The molecule has 9 heteroatoms. The van der Waals surface area contributed by atoms with Crippen LogP contribution in [0, 0.1) is 25.8 Å². The second-order valence-corrected chi connectivity index (χ2v) is 3.28. The van der Waals surface area contributed by atoms with Crippen molar-refractivity contribution in [1.82, 2.24) is 0 Å². The molecule has 15 heavy (non-hydrogen) atoms. The summed E-state index contributed by atoms with van der Waals surface area (Å²) in [5.41, 5.74) is 5.47. The molecule has 0 aliphatic heterocycles. The van der Waals surface area contributed by atoms with Gasteiger partial charge >= 0.3 is 5.69 Å². The van der Waals surface area contributed by atoms with Crippen LogP contribution in [0.25, 0.3) is 0 Å². The van der Waals surface area contributed by atoms with Crippen LogP contribution in [-0.4, -0.2) is 9.85 Å². The Morgan fingerprint density at radius 1 is 1.27 bits per heavy atom. The lowest BCUT2D eigenvalue weighted by atomic mass is 10.2. The summed E-state index contributed by atoms with van der Waals surface area (Å²) in [4.78, 5) is 19.4. The van der Waals surface area contributed by atoms with E-state index >= 15 is 0 Å². The van der Waals surface area contributed by atoms with Crippen molar-refractivity contribution in [2.24, 2.45) is 5.11 Å². The number of hydrogen-bond donors (Lipinski definition) is 1. The number of nitrogens with one attached hydrogen (secondary N) is 1. The molecule has 1 rings (SSSR count). The number of nitrogens with zero attached hydrogens (tertiary/aromatic N) is 3. The molecular formula is C6H3BrN4O4. The van der Waals surface area contributed by atoms with Gasteiger partial charge in [-0.15, -0.1) is 0 Å². The van der Waals surface area contributed by atoms with Crippen molar-refractivity contribution in [3.05, 3.63) is 36.8 Å². The lowest BCUT2D eigenvalue weighted by Gasteiger charge is -1.98. The predicted molar refractivity (Wildman–Crippen MR) is 52.3 cm³/mol. The molecule has 0 amide bonds. The highest BCUT2D eigenvalue weighted by molar-refractivity contribution is 9.10. The maximum atomic E-state index is 10.5. The van der Waals surface area contributed by atoms with E-state index in [-0.39, 0.29) is 10.2 Å². The van der Waals surface area contributed by atoms with Crippen LogP contribution in [-0.2, 0) is 0 Å². The molecule has 0 saturated heterocycles. The van der Waals surface area contributed by atoms with E-state index in [9.17, 15) is 20.2 Å². The first-order chi connectivity index (χ1) is 6.97. The molecule has 0 aliphatic carbocycles. The molecule has 1 aromatic carbocycles. The van der Waals surface area contributed by atoms with Gasteiger partial charge in [-0.25, -0.2) is 5.53 Å². The van der Waals surface area contributed by atoms with Crippen LogP contribution < -0.4 is 0 Å². The van der Waals surface area contributed by atoms with Crippen LogP contribution in [0.2, 0.25) is 0 Å². The van der Waals surface area contributed by atoms with Gasteiger partial charge in [-0.3, -0.25) is 20.2 Å². The molecule has 0 saturated carbocycles. The molecule has 0 bridgehead atoms. The van der Waals surface area contributed by atoms with E-state index in [1.54, 1.807) is 0 Å². The lowest BCUT2D eigenvalue weighted by molar-refractivity contribution is -0.393. The fraction of sp³-hybridized carbons (Fsp3) is 0. The third-order valence-electron chi connectivity index (χ3n) is 1.55. The molecular weight excluding hydrogens is 272 g/mol. The van der Waals surface area contributed by atoms with Gasteiger partial charge in [0.15, 0.2) is 5.69 Å². The minimum atomic E-state index is -0.828. The summed E-state index contributed by atoms with van der Waals surface area (Å²) in [7, 11) is 0. The number of nitro groups is 2. The third kappa shape index (κ3) is 2.13. The predicted octanol–water partition coefficient (Wildman–Crippen LogP) is 2.93. The average molecular weight is 275 g/mol. The van der Waals surface area contributed by atoms with E-state index in [2.05, 4.69) is 21.0 Å². The first kappa shape index (κ1) is 11.2. The van der Waals surface area contributed by atoms with Gasteiger partial charge in [-0.05, 0) is 15.9 Å². The number of hydrogen-bond acceptors (Lipinski definition) is 6. The van der Waals surface area contributed by atoms with Gasteiger partial charge in [-0.1, -0.05) is 0 Å². The van der Waals surface area contributed by atoms with Gasteiger partial charge in [0.05, 0.1) is 20.4 Å². The smallest absolute Gasteiger partial charge is 0.258 e. The van der Waals surface area contributed by atoms with Gasteiger partial charge in [0.2, 0.25) is 0 Å². The maximum Gasteiger partial charge on any atom is 0.304 e. The van der Waals surface area contributed by atoms with Crippen LogP contribution in [0.4, 0.5) is 17.1 Å². The number of rotatable bonds is 3. The molecule has 1 N–H and O–H groups in total. The Morgan fingerprint density at radius 3 is 2.27 bits per heavy atom. The fourth-order valence-corrected chi connectivity index (χ4v) is 1.45. The highest BCUT2D eigenvalue weighted by atomic mass is 79.9. The summed E-state index contributed by atoms with van der Waals surface area (Å²) in [5.74, 6) is 0. The highest BCUT2D eigenvalue weighted by Gasteiger charge is 2.22. The van der Waals surface area contributed by atoms with E-state index < -0.39 is 21.2 Å². The fourth-order valence-electron chi connectivity index (χ4n) is 0.926. The Kier molecular flexibility index (Phi) is 3.04. The summed E-state index contributed by atoms with van der Waals surface area (Å²) in [6.07, 6.45) is 0. The Hall–Kier alpha value is -1.90. The van der Waals surface area contributed by atoms with Crippen molar-refractivity contribution in [2.75, 3.05) is 0 Å². The molecule has 8 nitrogen and oxygen atoms in total. The third-order valence-corrected chi connectivity index (χ3v) is 2.15.